The van der Waals surface area contributed by atoms with Crippen LogP contribution in [-0.2, 0) is 11.0 Å². The molecular formula is C19H22F3N9OS. The Morgan fingerprint density at radius 3 is 2.67 bits per heavy atom. The molecule has 0 bridgehead atoms. The van der Waals surface area contributed by atoms with E-state index in [1.165, 1.54) is 23.9 Å². The molecule has 1 aromatic heterocycles. The molecule has 0 spiro atoms. The first kappa shape index (κ1) is 25.5. The molecule has 8 N–H and O–H groups in total. The molecular weight excluding hydrogens is 459 g/mol. The number of aliphatic imine (C=N–C) groups is 1. The van der Waals surface area contributed by atoms with Gasteiger partial charge < -0.3 is 27.8 Å². The molecule has 0 aliphatic heterocycles. The van der Waals surface area contributed by atoms with Gasteiger partial charge in [0.2, 0.25) is 11.9 Å². The summed E-state index contributed by atoms with van der Waals surface area (Å²) in [5, 5.41) is 15.1. The fourth-order valence-corrected chi connectivity index (χ4v) is 3.28. The average molecular weight is 482 g/mol. The molecule has 0 saturated heterocycles. The van der Waals surface area contributed by atoms with Crippen molar-refractivity contribution in [3.63, 3.8) is 0 Å². The summed E-state index contributed by atoms with van der Waals surface area (Å²) in [6, 6.07) is 5.21. The molecule has 0 radical (unpaired) electrons. The Morgan fingerprint density at radius 2 is 2.06 bits per heavy atom. The van der Waals surface area contributed by atoms with Crippen LogP contribution < -0.4 is 27.8 Å². The number of nitrogens with two attached hydrogens (primary N) is 3. The van der Waals surface area contributed by atoms with E-state index in [4.69, 9.17) is 17.2 Å². The van der Waals surface area contributed by atoms with Crippen LogP contribution in [0.4, 0.5) is 30.6 Å². The first-order chi connectivity index (χ1) is 15.5. The van der Waals surface area contributed by atoms with Crippen LogP contribution in [0.2, 0.25) is 0 Å². The molecule has 2 rings (SSSR count). The van der Waals surface area contributed by atoms with Gasteiger partial charge in [0.15, 0.2) is 11.8 Å². The van der Waals surface area contributed by atoms with E-state index < -0.39 is 23.7 Å². The molecule has 1 atom stereocenters. The quantitative estimate of drug-likeness (QED) is 0.118. The van der Waals surface area contributed by atoms with Gasteiger partial charge >= 0.3 is 6.18 Å². The third-order valence-electron chi connectivity index (χ3n) is 4.23. The molecule has 33 heavy (non-hydrogen) atoms. The number of nitrogens with one attached hydrogen (secondary N) is 2. The largest absolute Gasteiger partial charge is 0.416 e. The number of anilines is 3. The third kappa shape index (κ3) is 7.42. The number of alkyl halides is 3. The summed E-state index contributed by atoms with van der Waals surface area (Å²) >= 11 is 1.17. The van der Waals surface area contributed by atoms with Crippen molar-refractivity contribution in [3.05, 3.63) is 35.4 Å². The van der Waals surface area contributed by atoms with Crippen molar-refractivity contribution in [2.75, 3.05) is 29.2 Å². The van der Waals surface area contributed by atoms with E-state index in [2.05, 4.69) is 25.6 Å². The number of halogens is 3. The van der Waals surface area contributed by atoms with E-state index in [9.17, 15) is 23.2 Å². The number of guanidine groups is 1. The number of nitriles is 1. The number of hydrogen-bond donors (Lipinski definition) is 5. The molecule has 0 unspecified atom stereocenters. The Morgan fingerprint density at radius 1 is 1.33 bits per heavy atom. The van der Waals surface area contributed by atoms with Crippen molar-refractivity contribution in [1.29, 1.82) is 5.26 Å². The zero-order chi connectivity index (χ0) is 24.6. The SMILES string of the molecule is CSc1nc(N)nc(N[C@@H](CCCN=C(N)N)C(=O)Nc2cccc(C(F)(F)F)c2)c1C#N. The van der Waals surface area contributed by atoms with Crippen molar-refractivity contribution in [2.24, 2.45) is 16.5 Å². The zero-order valence-corrected chi connectivity index (χ0v) is 18.3. The monoisotopic (exact) mass is 481 g/mol. The van der Waals surface area contributed by atoms with Gasteiger partial charge in [-0.15, -0.1) is 11.8 Å². The summed E-state index contributed by atoms with van der Waals surface area (Å²) < 4.78 is 39.0. The van der Waals surface area contributed by atoms with Gasteiger partial charge in [-0.2, -0.15) is 23.4 Å². The van der Waals surface area contributed by atoms with Crippen LogP contribution in [0.1, 0.15) is 24.0 Å². The number of nitrogens with zero attached hydrogens (tertiary/aromatic N) is 4. The van der Waals surface area contributed by atoms with Crippen molar-refractivity contribution >= 4 is 41.1 Å². The smallest absolute Gasteiger partial charge is 0.370 e. The Hall–Kier alpha value is -3.73. The Kier molecular flexibility index (Phi) is 8.69. The maximum absolute atomic E-state index is 13.0. The standard InChI is InChI=1S/C19H22F3N9OS/c1-33-16-12(9-23)14(30-18(26)31-16)29-13(6-3-7-27-17(24)25)15(32)28-11-5-2-4-10(8-11)19(20,21)22/h2,4-5,8,13H,3,6-7H2,1H3,(H,28,32)(H4,24,25,27)(H3,26,29,30,31)/t13-/m0/s1. The summed E-state index contributed by atoms with van der Waals surface area (Å²) in [4.78, 5) is 24.8. The zero-order valence-electron chi connectivity index (χ0n) is 17.5. The maximum Gasteiger partial charge on any atom is 0.416 e. The number of thioether (sulfide) groups is 1. The van der Waals surface area contributed by atoms with Gasteiger partial charge in [-0.3, -0.25) is 9.79 Å². The highest BCUT2D eigenvalue weighted by Crippen LogP contribution is 2.31. The van der Waals surface area contributed by atoms with E-state index in [1.807, 2.05) is 6.07 Å². The summed E-state index contributed by atoms with van der Waals surface area (Å²) in [5.74, 6) is -0.850. The molecule has 1 amide bonds. The molecule has 0 aliphatic carbocycles. The Balaban J connectivity index is 2.31. The fraction of sp³-hybridized carbons (Fsp3) is 0.316. The highest BCUT2D eigenvalue weighted by atomic mass is 32.2. The van der Waals surface area contributed by atoms with E-state index in [1.54, 1.807) is 6.26 Å². The molecule has 0 saturated carbocycles. The fourth-order valence-electron chi connectivity index (χ4n) is 2.75. The predicted molar refractivity (Wildman–Crippen MR) is 120 cm³/mol. The van der Waals surface area contributed by atoms with E-state index >= 15 is 0 Å². The lowest BCUT2D eigenvalue weighted by Gasteiger charge is -2.20. The van der Waals surface area contributed by atoms with Crippen LogP contribution in [0.15, 0.2) is 34.3 Å². The van der Waals surface area contributed by atoms with E-state index in [0.29, 0.717) is 11.4 Å². The Bertz CT molecular complexity index is 1070. The molecule has 1 aromatic carbocycles. The minimum atomic E-state index is -4.56. The molecule has 176 valence electrons. The second kappa shape index (κ2) is 11.2. The second-order valence-electron chi connectivity index (χ2n) is 6.64. The van der Waals surface area contributed by atoms with E-state index in [0.717, 1.165) is 12.1 Å². The topological polar surface area (TPSA) is 181 Å². The molecule has 1 heterocycles. The third-order valence-corrected chi connectivity index (χ3v) is 4.91. The number of carbonyl (C=O) groups is 1. The van der Waals surface area contributed by atoms with Crippen molar-refractivity contribution in [3.8, 4) is 6.07 Å². The normalized spacial score (nSPS) is 11.8. The lowest BCUT2D eigenvalue weighted by atomic mass is 10.1. The number of aromatic nitrogens is 2. The summed E-state index contributed by atoms with van der Waals surface area (Å²) in [5.41, 5.74) is 15.4. The number of hydrogen-bond acceptors (Lipinski definition) is 8. The van der Waals surface area contributed by atoms with Gasteiger partial charge in [0.25, 0.3) is 0 Å². The predicted octanol–water partition coefficient (Wildman–Crippen LogP) is 2.14. The van der Waals surface area contributed by atoms with Crippen LogP contribution in [0.25, 0.3) is 0 Å². The maximum atomic E-state index is 13.0. The summed E-state index contributed by atoms with van der Waals surface area (Å²) in [6.07, 6.45) is -2.35. The first-order valence-electron chi connectivity index (χ1n) is 9.46. The molecule has 10 nitrogen and oxygen atoms in total. The first-order valence-corrected chi connectivity index (χ1v) is 10.7. The van der Waals surface area contributed by atoms with E-state index in [-0.39, 0.29) is 41.9 Å². The molecule has 0 fully saturated rings. The van der Waals surface area contributed by atoms with Gasteiger partial charge in [0.1, 0.15) is 22.7 Å². The lowest BCUT2D eigenvalue weighted by molar-refractivity contribution is -0.137. The summed E-state index contributed by atoms with van der Waals surface area (Å²) in [6.45, 7) is 0.213. The van der Waals surface area contributed by atoms with Crippen molar-refractivity contribution < 1.29 is 18.0 Å². The lowest BCUT2D eigenvalue weighted by Crippen LogP contribution is -2.35. The van der Waals surface area contributed by atoms with Crippen LogP contribution in [0.5, 0.6) is 0 Å². The van der Waals surface area contributed by atoms with Gasteiger partial charge in [-0.25, -0.2) is 4.98 Å². The van der Waals surface area contributed by atoms with Crippen LogP contribution in [-0.4, -0.2) is 40.7 Å². The minimum Gasteiger partial charge on any atom is -0.370 e. The molecule has 14 heteroatoms. The highest BCUT2D eigenvalue weighted by Gasteiger charge is 2.31. The number of amides is 1. The number of nitrogen functional groups attached to an aromatic ring is 1. The van der Waals surface area contributed by atoms with Crippen LogP contribution >= 0.6 is 11.8 Å². The van der Waals surface area contributed by atoms with Gasteiger partial charge in [-0.1, -0.05) is 6.07 Å². The van der Waals surface area contributed by atoms with Crippen LogP contribution in [0.3, 0.4) is 0 Å². The number of benzene rings is 1. The number of rotatable bonds is 9. The van der Waals surface area contributed by atoms with Gasteiger partial charge in [0, 0.05) is 12.2 Å². The second-order valence-corrected chi connectivity index (χ2v) is 7.43. The van der Waals surface area contributed by atoms with Crippen molar-refractivity contribution in [1.82, 2.24) is 9.97 Å². The number of carbonyl (C=O) groups excluding carboxylic acids is 1. The van der Waals surface area contributed by atoms with Crippen LogP contribution in [0, 0.1) is 11.3 Å². The average Bonchev–Trinajstić information content (AvgIpc) is 2.74. The summed E-state index contributed by atoms with van der Waals surface area (Å²) in [7, 11) is 0. The van der Waals surface area contributed by atoms with Gasteiger partial charge in [-0.05, 0) is 37.3 Å². The van der Waals surface area contributed by atoms with Gasteiger partial charge in [0.05, 0.1) is 5.56 Å². The molecule has 0 aliphatic rings. The highest BCUT2D eigenvalue weighted by molar-refractivity contribution is 7.98. The van der Waals surface area contributed by atoms with Crippen molar-refractivity contribution in [2.45, 2.75) is 30.1 Å². The Labute approximate surface area is 191 Å². The minimum absolute atomic E-state index is 0.0281. The molecule has 2 aromatic rings.